The molecule has 0 unspecified atom stereocenters. The van der Waals surface area contributed by atoms with Crippen LogP contribution in [0.2, 0.25) is 0 Å². The van der Waals surface area contributed by atoms with Crippen LogP contribution in [0.5, 0.6) is 0 Å². The van der Waals surface area contributed by atoms with Crippen molar-refractivity contribution in [3.8, 4) is 11.3 Å². The molecule has 2 aromatic heterocycles. The average Bonchev–Trinajstić information content (AvgIpc) is 3.11. The maximum absolute atomic E-state index is 12.1. The van der Waals surface area contributed by atoms with Gasteiger partial charge in [0.1, 0.15) is 11.7 Å². The van der Waals surface area contributed by atoms with E-state index in [0.29, 0.717) is 5.56 Å². The van der Waals surface area contributed by atoms with Gasteiger partial charge in [-0.15, -0.1) is 0 Å². The molecule has 0 amide bonds. The Morgan fingerprint density at radius 3 is 3.22 bits per heavy atom. The molecule has 1 atom stereocenters. The van der Waals surface area contributed by atoms with Gasteiger partial charge < -0.3 is 4.74 Å². The van der Waals surface area contributed by atoms with Crippen LogP contribution >= 0.6 is 23.1 Å². The van der Waals surface area contributed by atoms with E-state index in [9.17, 15) is 4.79 Å². The number of esters is 1. The highest BCUT2D eigenvalue weighted by molar-refractivity contribution is 7.99. The van der Waals surface area contributed by atoms with E-state index in [-0.39, 0.29) is 12.1 Å². The number of nitrogens with zero attached hydrogens (tertiary/aromatic N) is 1. The van der Waals surface area contributed by atoms with E-state index in [2.05, 4.69) is 10.2 Å². The summed E-state index contributed by atoms with van der Waals surface area (Å²) < 4.78 is 5.48. The lowest BCUT2D eigenvalue weighted by Crippen LogP contribution is -2.17. The summed E-state index contributed by atoms with van der Waals surface area (Å²) in [7, 11) is 0. The van der Waals surface area contributed by atoms with Crippen molar-refractivity contribution in [2.45, 2.75) is 12.5 Å². The number of H-pyrrole nitrogens is 1. The first-order valence-corrected chi connectivity index (χ1v) is 7.79. The highest BCUT2D eigenvalue weighted by Crippen LogP contribution is 2.26. The summed E-state index contributed by atoms with van der Waals surface area (Å²) >= 11 is 3.41. The number of carbonyl (C=O) groups excluding carboxylic acids is 1. The SMILES string of the molecule is O=C(O[C@@H]1CCSC1)c1cn[nH]c1-c1ccsc1. The van der Waals surface area contributed by atoms with E-state index < -0.39 is 0 Å². The second-order valence-electron chi connectivity index (χ2n) is 4.06. The number of hydrogen-bond donors (Lipinski definition) is 1. The second kappa shape index (κ2) is 5.16. The Labute approximate surface area is 113 Å². The predicted octanol–water partition coefficient (Wildman–Crippen LogP) is 2.80. The Hall–Kier alpha value is -1.27. The molecule has 2 aromatic rings. The molecule has 6 heteroatoms. The minimum Gasteiger partial charge on any atom is -0.458 e. The predicted molar refractivity (Wildman–Crippen MR) is 73.0 cm³/mol. The lowest BCUT2D eigenvalue weighted by atomic mass is 10.1. The Bertz CT molecular complexity index is 530. The molecule has 1 aliphatic heterocycles. The van der Waals surface area contributed by atoms with Crippen LogP contribution in [0.15, 0.2) is 23.0 Å². The minimum absolute atomic E-state index is 0.0488. The number of ether oxygens (including phenoxy) is 1. The molecule has 0 bridgehead atoms. The summed E-state index contributed by atoms with van der Waals surface area (Å²) in [5.74, 6) is 1.69. The Kier molecular flexibility index (Phi) is 3.38. The van der Waals surface area contributed by atoms with Gasteiger partial charge in [-0.3, -0.25) is 5.10 Å². The normalized spacial score (nSPS) is 19.0. The molecule has 1 aliphatic rings. The topological polar surface area (TPSA) is 55.0 Å². The molecular weight excluding hydrogens is 268 g/mol. The maximum Gasteiger partial charge on any atom is 0.342 e. The molecule has 0 radical (unpaired) electrons. The molecule has 0 saturated carbocycles. The van der Waals surface area contributed by atoms with Gasteiger partial charge in [0.05, 0.1) is 11.9 Å². The number of carbonyl (C=O) groups is 1. The van der Waals surface area contributed by atoms with E-state index in [1.807, 2.05) is 28.6 Å². The molecule has 0 aliphatic carbocycles. The summed E-state index contributed by atoms with van der Waals surface area (Å²) in [5, 5.41) is 10.8. The van der Waals surface area contributed by atoms with Crippen molar-refractivity contribution >= 4 is 29.1 Å². The zero-order chi connectivity index (χ0) is 12.4. The molecule has 1 saturated heterocycles. The van der Waals surface area contributed by atoms with Crippen molar-refractivity contribution in [2.24, 2.45) is 0 Å². The van der Waals surface area contributed by atoms with Crippen LogP contribution in [-0.2, 0) is 4.74 Å². The van der Waals surface area contributed by atoms with E-state index in [1.165, 1.54) is 6.20 Å². The van der Waals surface area contributed by atoms with Crippen molar-refractivity contribution < 1.29 is 9.53 Å². The number of rotatable bonds is 3. The summed E-state index contributed by atoms with van der Waals surface area (Å²) in [5.41, 5.74) is 2.24. The fourth-order valence-electron chi connectivity index (χ4n) is 1.89. The molecule has 0 aromatic carbocycles. The Balaban J connectivity index is 1.79. The van der Waals surface area contributed by atoms with Gasteiger partial charge in [-0.25, -0.2) is 4.79 Å². The van der Waals surface area contributed by atoms with Crippen LogP contribution < -0.4 is 0 Å². The van der Waals surface area contributed by atoms with Crippen molar-refractivity contribution in [3.05, 3.63) is 28.6 Å². The van der Waals surface area contributed by atoms with Gasteiger partial charge in [-0.05, 0) is 23.6 Å². The largest absolute Gasteiger partial charge is 0.458 e. The number of nitrogens with one attached hydrogen (secondary N) is 1. The zero-order valence-electron chi connectivity index (χ0n) is 9.59. The average molecular weight is 280 g/mol. The fraction of sp³-hybridized carbons (Fsp3) is 0.333. The lowest BCUT2D eigenvalue weighted by molar-refractivity contribution is 0.0358. The van der Waals surface area contributed by atoms with E-state index >= 15 is 0 Å². The van der Waals surface area contributed by atoms with Crippen LogP contribution in [0.3, 0.4) is 0 Å². The van der Waals surface area contributed by atoms with Crippen molar-refractivity contribution in [3.63, 3.8) is 0 Å². The quantitative estimate of drug-likeness (QED) is 0.878. The number of aromatic nitrogens is 2. The molecule has 18 heavy (non-hydrogen) atoms. The molecule has 1 N–H and O–H groups in total. The Morgan fingerprint density at radius 2 is 2.50 bits per heavy atom. The highest BCUT2D eigenvalue weighted by Gasteiger charge is 2.23. The first-order chi connectivity index (χ1) is 8.84. The van der Waals surface area contributed by atoms with Crippen molar-refractivity contribution in [1.29, 1.82) is 0 Å². The van der Waals surface area contributed by atoms with Crippen LogP contribution in [-0.4, -0.2) is 33.8 Å². The highest BCUT2D eigenvalue weighted by atomic mass is 32.2. The number of thiophene rings is 1. The van der Waals surface area contributed by atoms with Crippen LogP contribution in [0.4, 0.5) is 0 Å². The zero-order valence-corrected chi connectivity index (χ0v) is 11.2. The number of thioether (sulfide) groups is 1. The van der Waals surface area contributed by atoms with Crippen molar-refractivity contribution in [1.82, 2.24) is 10.2 Å². The van der Waals surface area contributed by atoms with Crippen LogP contribution in [0.25, 0.3) is 11.3 Å². The summed E-state index contributed by atoms with van der Waals surface area (Å²) in [6.07, 6.45) is 2.53. The monoisotopic (exact) mass is 280 g/mol. The molecule has 4 nitrogen and oxygen atoms in total. The Morgan fingerprint density at radius 1 is 1.56 bits per heavy atom. The third-order valence-corrected chi connectivity index (χ3v) is 4.65. The maximum atomic E-state index is 12.1. The molecule has 3 heterocycles. The van der Waals surface area contributed by atoms with Crippen molar-refractivity contribution in [2.75, 3.05) is 11.5 Å². The van der Waals surface area contributed by atoms with Gasteiger partial charge in [-0.1, -0.05) is 0 Å². The lowest BCUT2D eigenvalue weighted by Gasteiger charge is -2.10. The van der Waals surface area contributed by atoms with E-state index in [4.69, 9.17) is 4.74 Å². The third-order valence-electron chi connectivity index (χ3n) is 2.83. The number of aromatic amines is 1. The molecular formula is C12H12N2O2S2. The van der Waals surface area contributed by atoms with Gasteiger partial charge in [0, 0.05) is 16.7 Å². The molecule has 1 fully saturated rings. The smallest absolute Gasteiger partial charge is 0.342 e. The minimum atomic E-state index is -0.280. The molecule has 0 spiro atoms. The van der Waals surface area contributed by atoms with Gasteiger partial charge in [0.25, 0.3) is 0 Å². The standard InChI is InChI=1S/C12H12N2O2S2/c15-12(16-9-2-4-18-7-9)10-5-13-14-11(10)8-1-3-17-6-8/h1,3,5-6,9H,2,4,7H2,(H,13,14)/t9-/m1/s1. The summed E-state index contributed by atoms with van der Waals surface area (Å²) in [6.45, 7) is 0. The summed E-state index contributed by atoms with van der Waals surface area (Å²) in [4.78, 5) is 12.1. The molecule has 3 rings (SSSR count). The first kappa shape index (κ1) is 11.8. The van der Waals surface area contributed by atoms with Crippen LogP contribution in [0.1, 0.15) is 16.8 Å². The van der Waals surface area contributed by atoms with Gasteiger partial charge in [0.15, 0.2) is 0 Å². The van der Waals surface area contributed by atoms with E-state index in [0.717, 1.165) is 29.2 Å². The number of hydrogen-bond acceptors (Lipinski definition) is 5. The third kappa shape index (κ3) is 2.30. The second-order valence-corrected chi connectivity index (χ2v) is 5.99. The summed E-state index contributed by atoms with van der Waals surface area (Å²) in [6, 6.07) is 1.96. The fourth-order valence-corrected chi connectivity index (χ4v) is 3.63. The van der Waals surface area contributed by atoms with E-state index in [1.54, 1.807) is 11.3 Å². The first-order valence-electron chi connectivity index (χ1n) is 5.69. The van der Waals surface area contributed by atoms with Gasteiger partial charge in [0.2, 0.25) is 0 Å². The van der Waals surface area contributed by atoms with Gasteiger partial charge >= 0.3 is 5.97 Å². The van der Waals surface area contributed by atoms with Gasteiger partial charge in [-0.2, -0.15) is 28.2 Å². The van der Waals surface area contributed by atoms with Crippen LogP contribution in [0, 0.1) is 0 Å². The molecule has 94 valence electrons.